The van der Waals surface area contributed by atoms with Crippen molar-refractivity contribution in [2.24, 2.45) is 5.41 Å². The molecule has 3 saturated carbocycles. The highest BCUT2D eigenvalue weighted by Crippen LogP contribution is 2.52. The molecule has 7 heteroatoms. The molecule has 33 heavy (non-hydrogen) atoms. The highest BCUT2D eigenvalue weighted by atomic mass is 79.9. The Hall–Kier alpha value is -3.24. The molecule has 2 N–H and O–H groups in total. The van der Waals surface area contributed by atoms with Crippen molar-refractivity contribution in [2.75, 3.05) is 0 Å². The van der Waals surface area contributed by atoms with Crippen molar-refractivity contribution in [3.8, 4) is 17.3 Å². The molecule has 0 spiro atoms. The number of carboxylic acid groups (broad SMARTS) is 1. The molecular formula is C26H22BrN3O3. The second-order valence-corrected chi connectivity index (χ2v) is 10.1. The Balaban J connectivity index is 1.60. The van der Waals surface area contributed by atoms with Crippen LogP contribution < -0.4 is 5.32 Å². The van der Waals surface area contributed by atoms with Crippen LogP contribution >= 0.6 is 15.9 Å². The Morgan fingerprint density at radius 2 is 1.70 bits per heavy atom. The van der Waals surface area contributed by atoms with Crippen molar-refractivity contribution in [2.45, 2.75) is 44.1 Å². The standard InChI is InChI=1S/C26H22BrN3O3/c27-17-6-7-20-18(14-17)21(19(15-28)22(29-20)16-4-2-1-3-5-16)23(31)30-26-11-8-25(9-12-26,10-13-26)24(32)33/h1-7,14H,8-13H2,(H,30,31)(H,32,33). The number of hydrogen-bond acceptors (Lipinski definition) is 4. The van der Waals surface area contributed by atoms with E-state index in [4.69, 9.17) is 4.98 Å². The van der Waals surface area contributed by atoms with E-state index in [1.807, 2.05) is 48.5 Å². The van der Waals surface area contributed by atoms with Crippen molar-refractivity contribution in [3.63, 3.8) is 0 Å². The molecule has 0 saturated heterocycles. The van der Waals surface area contributed by atoms with Gasteiger partial charge in [-0.25, -0.2) is 4.98 Å². The summed E-state index contributed by atoms with van der Waals surface area (Å²) in [6.45, 7) is 0. The van der Waals surface area contributed by atoms with Gasteiger partial charge in [0, 0.05) is 21.0 Å². The summed E-state index contributed by atoms with van der Waals surface area (Å²) in [5, 5.41) is 23.6. The number of benzene rings is 2. The summed E-state index contributed by atoms with van der Waals surface area (Å²) in [5.41, 5.74) is 1.36. The van der Waals surface area contributed by atoms with Crippen LogP contribution in [-0.2, 0) is 4.79 Å². The fraction of sp³-hybridized carbons (Fsp3) is 0.308. The van der Waals surface area contributed by atoms with Crippen molar-refractivity contribution >= 4 is 38.7 Å². The third-order valence-electron chi connectivity index (χ3n) is 7.41. The summed E-state index contributed by atoms with van der Waals surface area (Å²) in [5.74, 6) is -1.04. The van der Waals surface area contributed by atoms with Crippen LogP contribution in [0, 0.1) is 16.7 Å². The molecule has 1 aromatic heterocycles. The number of halogens is 1. The largest absolute Gasteiger partial charge is 0.481 e. The number of nitriles is 1. The number of aliphatic carboxylic acids is 1. The van der Waals surface area contributed by atoms with E-state index in [2.05, 4.69) is 27.3 Å². The Morgan fingerprint density at radius 1 is 1.03 bits per heavy atom. The Kier molecular flexibility index (Phi) is 5.21. The van der Waals surface area contributed by atoms with Gasteiger partial charge in [-0.1, -0.05) is 46.3 Å². The summed E-state index contributed by atoms with van der Waals surface area (Å²) >= 11 is 3.48. The van der Waals surface area contributed by atoms with Gasteiger partial charge in [-0.05, 0) is 56.7 Å². The number of hydrogen-bond donors (Lipinski definition) is 2. The molecule has 0 aliphatic heterocycles. The first-order valence-electron chi connectivity index (χ1n) is 11.0. The van der Waals surface area contributed by atoms with Gasteiger partial charge >= 0.3 is 5.97 Å². The predicted molar refractivity (Wildman–Crippen MR) is 128 cm³/mol. The maximum atomic E-state index is 13.8. The lowest BCUT2D eigenvalue weighted by atomic mass is 9.57. The van der Waals surface area contributed by atoms with Gasteiger partial charge in [0.2, 0.25) is 0 Å². The fourth-order valence-electron chi connectivity index (χ4n) is 5.38. The molecule has 1 heterocycles. The normalized spacial score (nSPS) is 23.8. The van der Waals surface area contributed by atoms with Crippen LogP contribution in [0.3, 0.4) is 0 Å². The van der Waals surface area contributed by atoms with Crippen molar-refractivity contribution in [3.05, 3.63) is 64.1 Å². The summed E-state index contributed by atoms with van der Waals surface area (Å²) in [4.78, 5) is 30.3. The van der Waals surface area contributed by atoms with Gasteiger partial charge in [0.05, 0.1) is 27.8 Å². The Bertz CT molecular complexity index is 1310. The maximum absolute atomic E-state index is 13.8. The topological polar surface area (TPSA) is 103 Å². The molecule has 3 aliphatic rings. The summed E-state index contributed by atoms with van der Waals surface area (Å²) < 4.78 is 0.793. The second kappa shape index (κ2) is 7.96. The zero-order valence-corrected chi connectivity index (χ0v) is 19.5. The first kappa shape index (κ1) is 21.6. The second-order valence-electron chi connectivity index (χ2n) is 9.17. The fourth-order valence-corrected chi connectivity index (χ4v) is 5.74. The van der Waals surface area contributed by atoms with Crippen molar-refractivity contribution < 1.29 is 14.7 Å². The number of carboxylic acids is 1. The lowest BCUT2D eigenvalue weighted by molar-refractivity contribution is -0.156. The van der Waals surface area contributed by atoms with Gasteiger partial charge in [0.25, 0.3) is 5.91 Å². The number of nitrogens with one attached hydrogen (secondary N) is 1. The van der Waals surface area contributed by atoms with E-state index in [9.17, 15) is 20.0 Å². The zero-order valence-electron chi connectivity index (χ0n) is 17.9. The number of fused-ring (bicyclic) bond motifs is 4. The van der Waals surface area contributed by atoms with E-state index in [0.29, 0.717) is 60.7 Å². The molecule has 1 amide bonds. The number of pyridine rings is 1. The first-order valence-corrected chi connectivity index (χ1v) is 11.8. The quantitative estimate of drug-likeness (QED) is 0.492. The van der Waals surface area contributed by atoms with E-state index in [1.165, 1.54) is 0 Å². The van der Waals surface area contributed by atoms with Crippen LogP contribution in [0.25, 0.3) is 22.2 Å². The van der Waals surface area contributed by atoms with Crippen LogP contribution in [0.15, 0.2) is 53.0 Å². The third-order valence-corrected chi connectivity index (χ3v) is 7.91. The maximum Gasteiger partial charge on any atom is 0.309 e. The number of amides is 1. The predicted octanol–water partition coefficient (Wildman–Crippen LogP) is 5.44. The molecule has 3 aliphatic carbocycles. The number of rotatable bonds is 4. The highest BCUT2D eigenvalue weighted by Gasteiger charge is 2.53. The minimum atomic E-state index is -0.730. The van der Waals surface area contributed by atoms with Gasteiger partial charge in [-0.15, -0.1) is 0 Å². The lowest BCUT2D eigenvalue weighted by Crippen LogP contribution is -2.58. The van der Waals surface area contributed by atoms with Gasteiger partial charge in [-0.3, -0.25) is 9.59 Å². The van der Waals surface area contributed by atoms with Gasteiger partial charge in [-0.2, -0.15) is 5.26 Å². The van der Waals surface area contributed by atoms with Gasteiger partial charge < -0.3 is 10.4 Å². The van der Waals surface area contributed by atoms with Crippen molar-refractivity contribution in [1.29, 1.82) is 5.26 Å². The van der Waals surface area contributed by atoms with E-state index < -0.39 is 16.9 Å². The minimum Gasteiger partial charge on any atom is -0.481 e. The molecule has 3 aromatic rings. The van der Waals surface area contributed by atoms with Gasteiger partial charge in [0.1, 0.15) is 6.07 Å². The van der Waals surface area contributed by atoms with Crippen LogP contribution in [0.4, 0.5) is 0 Å². The van der Waals surface area contributed by atoms with Crippen LogP contribution in [-0.4, -0.2) is 27.5 Å². The molecule has 166 valence electrons. The molecule has 0 radical (unpaired) electrons. The minimum absolute atomic E-state index is 0.243. The van der Waals surface area contributed by atoms with Crippen LogP contribution in [0.5, 0.6) is 0 Å². The number of aromatic nitrogens is 1. The van der Waals surface area contributed by atoms with E-state index in [1.54, 1.807) is 0 Å². The Labute approximate surface area is 199 Å². The SMILES string of the molecule is N#Cc1c(-c2ccccc2)nc2ccc(Br)cc2c1C(=O)NC12CCC(C(=O)O)(CC1)CC2. The number of carbonyl (C=O) groups is 2. The van der Waals surface area contributed by atoms with Crippen LogP contribution in [0.2, 0.25) is 0 Å². The Morgan fingerprint density at radius 3 is 2.30 bits per heavy atom. The van der Waals surface area contributed by atoms with E-state index in [-0.39, 0.29) is 11.5 Å². The molecule has 0 atom stereocenters. The summed E-state index contributed by atoms with van der Waals surface area (Å²) in [6, 6.07) is 17.2. The molecule has 3 fully saturated rings. The summed E-state index contributed by atoms with van der Waals surface area (Å²) in [6.07, 6.45) is 3.57. The zero-order chi connectivity index (χ0) is 23.2. The molecule has 2 aromatic carbocycles. The van der Waals surface area contributed by atoms with E-state index in [0.717, 1.165) is 10.0 Å². The monoisotopic (exact) mass is 503 g/mol. The van der Waals surface area contributed by atoms with Crippen LogP contribution in [0.1, 0.15) is 54.4 Å². The molecule has 0 unspecified atom stereocenters. The molecule has 6 nitrogen and oxygen atoms in total. The van der Waals surface area contributed by atoms with Gasteiger partial charge in [0.15, 0.2) is 0 Å². The first-order chi connectivity index (χ1) is 15.9. The average Bonchev–Trinajstić information content (AvgIpc) is 2.84. The molecule has 6 rings (SSSR count). The summed E-state index contributed by atoms with van der Waals surface area (Å²) in [7, 11) is 0. The van der Waals surface area contributed by atoms with E-state index >= 15 is 0 Å². The average molecular weight is 504 g/mol. The highest BCUT2D eigenvalue weighted by molar-refractivity contribution is 9.10. The van der Waals surface area contributed by atoms with Crippen molar-refractivity contribution in [1.82, 2.24) is 10.3 Å². The number of nitrogens with zero attached hydrogens (tertiary/aromatic N) is 2. The smallest absolute Gasteiger partial charge is 0.309 e. The molecular weight excluding hydrogens is 482 g/mol. The lowest BCUT2D eigenvalue weighted by Gasteiger charge is -2.51. The third kappa shape index (κ3) is 3.59. The molecule has 2 bridgehead atoms. The number of carbonyl (C=O) groups excluding carboxylic acids is 1.